The van der Waals surface area contributed by atoms with Gasteiger partial charge in [0.1, 0.15) is 5.69 Å². The number of H-pyrrole nitrogens is 1. The number of aryl methyl sites for hydroxylation is 1. The van der Waals surface area contributed by atoms with Gasteiger partial charge in [-0.05, 0) is 24.1 Å². The molecule has 1 aromatic heterocycles. The number of nitrogens with one attached hydrogen (secondary N) is 2. The molecule has 23 heavy (non-hydrogen) atoms. The quantitative estimate of drug-likeness (QED) is 0.574. The molecule has 0 bridgehead atoms. The molecule has 0 fully saturated rings. The molecule has 114 valence electrons. The second kappa shape index (κ2) is 6.70. The molecule has 0 aliphatic rings. The molecule has 0 aliphatic carbocycles. The van der Waals surface area contributed by atoms with Crippen LogP contribution in [0.5, 0.6) is 0 Å². The zero-order valence-corrected chi connectivity index (χ0v) is 12.7. The highest BCUT2D eigenvalue weighted by Crippen LogP contribution is 2.16. The summed E-state index contributed by atoms with van der Waals surface area (Å²) in [6.07, 6.45) is 1.63. The Morgan fingerprint density at radius 3 is 2.65 bits per heavy atom. The van der Waals surface area contributed by atoms with Crippen molar-refractivity contribution in [3.63, 3.8) is 0 Å². The second-order valence-corrected chi connectivity index (χ2v) is 5.09. The van der Waals surface area contributed by atoms with Crippen LogP contribution < -0.4 is 5.43 Å². The number of amides is 1. The van der Waals surface area contributed by atoms with Crippen molar-refractivity contribution in [1.82, 2.24) is 15.6 Å². The van der Waals surface area contributed by atoms with Crippen LogP contribution in [0.2, 0.25) is 0 Å². The number of hydrogen-bond donors (Lipinski definition) is 2. The van der Waals surface area contributed by atoms with Crippen molar-refractivity contribution in [2.24, 2.45) is 5.10 Å². The van der Waals surface area contributed by atoms with Crippen molar-refractivity contribution in [3.8, 4) is 11.3 Å². The van der Waals surface area contributed by atoms with Gasteiger partial charge in [-0.15, -0.1) is 0 Å². The Bertz CT molecular complexity index is 837. The molecule has 5 nitrogen and oxygen atoms in total. The number of hydrazone groups is 1. The van der Waals surface area contributed by atoms with Crippen LogP contribution in [-0.4, -0.2) is 22.3 Å². The van der Waals surface area contributed by atoms with E-state index in [0.29, 0.717) is 5.69 Å². The molecule has 2 N–H and O–H groups in total. The summed E-state index contributed by atoms with van der Waals surface area (Å²) in [5.41, 5.74) is 6.59. The van der Waals surface area contributed by atoms with Crippen molar-refractivity contribution in [1.29, 1.82) is 0 Å². The van der Waals surface area contributed by atoms with Gasteiger partial charge in [0.15, 0.2) is 0 Å². The van der Waals surface area contributed by atoms with Crippen LogP contribution in [0.25, 0.3) is 11.3 Å². The summed E-state index contributed by atoms with van der Waals surface area (Å²) >= 11 is 0. The Hall–Kier alpha value is -3.21. The number of hydrogen-bond acceptors (Lipinski definition) is 3. The number of aromatic nitrogens is 2. The van der Waals surface area contributed by atoms with Gasteiger partial charge >= 0.3 is 0 Å². The topological polar surface area (TPSA) is 70.1 Å². The molecule has 0 saturated carbocycles. The van der Waals surface area contributed by atoms with Crippen LogP contribution >= 0.6 is 0 Å². The van der Waals surface area contributed by atoms with Crippen LogP contribution in [0.4, 0.5) is 0 Å². The zero-order valence-electron chi connectivity index (χ0n) is 12.7. The van der Waals surface area contributed by atoms with Crippen LogP contribution in [0.3, 0.4) is 0 Å². The van der Waals surface area contributed by atoms with Crippen LogP contribution in [0.1, 0.15) is 21.6 Å². The standard InChI is InChI=1S/C18H16N4O/c1-13-7-5-6-10-15(13)12-19-22-18(23)17-11-16(20-21-17)14-8-3-2-4-9-14/h2-12H,1H3,(H,20,21)(H,22,23). The van der Waals surface area contributed by atoms with Gasteiger partial charge in [0.2, 0.25) is 0 Å². The highest BCUT2D eigenvalue weighted by Gasteiger charge is 2.09. The van der Waals surface area contributed by atoms with E-state index in [1.807, 2.05) is 61.5 Å². The number of rotatable bonds is 4. The Kier molecular flexibility index (Phi) is 4.29. The van der Waals surface area contributed by atoms with Crippen molar-refractivity contribution in [2.45, 2.75) is 6.92 Å². The van der Waals surface area contributed by atoms with Crippen LogP contribution in [0, 0.1) is 6.92 Å². The maximum absolute atomic E-state index is 12.1. The first-order chi connectivity index (χ1) is 11.2. The van der Waals surface area contributed by atoms with Gasteiger partial charge in [0, 0.05) is 5.56 Å². The van der Waals surface area contributed by atoms with Gasteiger partial charge in [0.25, 0.3) is 5.91 Å². The lowest BCUT2D eigenvalue weighted by molar-refractivity contribution is 0.0950. The van der Waals surface area contributed by atoms with Gasteiger partial charge in [-0.2, -0.15) is 10.2 Å². The first kappa shape index (κ1) is 14.7. The fraction of sp³-hybridized carbons (Fsp3) is 0.0556. The third kappa shape index (κ3) is 3.52. The molecule has 3 rings (SSSR count). The number of carbonyl (C=O) groups excluding carboxylic acids is 1. The maximum Gasteiger partial charge on any atom is 0.289 e. The molecule has 0 unspecified atom stereocenters. The van der Waals surface area contributed by atoms with E-state index in [0.717, 1.165) is 22.4 Å². The number of benzene rings is 2. The smallest absolute Gasteiger partial charge is 0.272 e. The molecule has 1 heterocycles. The molecule has 5 heteroatoms. The number of aromatic amines is 1. The summed E-state index contributed by atoms with van der Waals surface area (Å²) in [5.74, 6) is -0.329. The minimum absolute atomic E-state index is 0.329. The molecule has 1 amide bonds. The predicted molar refractivity (Wildman–Crippen MR) is 90.3 cm³/mol. The minimum Gasteiger partial charge on any atom is -0.272 e. The van der Waals surface area contributed by atoms with Crippen molar-refractivity contribution >= 4 is 12.1 Å². The molecule has 0 radical (unpaired) electrons. The molecule has 0 aliphatic heterocycles. The van der Waals surface area contributed by atoms with E-state index in [1.54, 1.807) is 12.3 Å². The molecule has 0 spiro atoms. The first-order valence-corrected chi connectivity index (χ1v) is 7.24. The first-order valence-electron chi connectivity index (χ1n) is 7.24. The Morgan fingerprint density at radius 1 is 1.13 bits per heavy atom. The zero-order chi connectivity index (χ0) is 16.1. The number of nitrogens with zero attached hydrogens (tertiary/aromatic N) is 2. The SMILES string of the molecule is Cc1ccccc1C=NNC(=O)c1cc(-c2ccccc2)n[nH]1. The Morgan fingerprint density at radius 2 is 1.87 bits per heavy atom. The predicted octanol–water partition coefficient (Wildman–Crippen LogP) is 3.15. The fourth-order valence-electron chi connectivity index (χ4n) is 2.15. The summed E-state index contributed by atoms with van der Waals surface area (Å²) in [4.78, 5) is 12.1. The van der Waals surface area contributed by atoms with E-state index in [-0.39, 0.29) is 5.91 Å². The summed E-state index contributed by atoms with van der Waals surface area (Å²) < 4.78 is 0. The monoisotopic (exact) mass is 304 g/mol. The fourth-order valence-corrected chi connectivity index (χ4v) is 2.15. The maximum atomic E-state index is 12.1. The van der Waals surface area contributed by atoms with Gasteiger partial charge < -0.3 is 0 Å². The average molecular weight is 304 g/mol. The van der Waals surface area contributed by atoms with Crippen molar-refractivity contribution < 1.29 is 4.79 Å². The molecular formula is C18H16N4O. The summed E-state index contributed by atoms with van der Waals surface area (Å²) in [7, 11) is 0. The van der Waals surface area contributed by atoms with Crippen molar-refractivity contribution in [2.75, 3.05) is 0 Å². The van der Waals surface area contributed by atoms with Crippen molar-refractivity contribution in [3.05, 3.63) is 77.5 Å². The van der Waals surface area contributed by atoms with Gasteiger partial charge in [-0.3, -0.25) is 9.89 Å². The van der Waals surface area contributed by atoms with E-state index in [2.05, 4.69) is 20.7 Å². The third-order valence-corrected chi connectivity index (χ3v) is 3.45. The summed E-state index contributed by atoms with van der Waals surface area (Å²) in [6, 6.07) is 19.2. The van der Waals surface area contributed by atoms with E-state index in [1.165, 1.54) is 0 Å². The average Bonchev–Trinajstić information content (AvgIpc) is 3.07. The molecule has 3 aromatic rings. The van der Waals surface area contributed by atoms with E-state index < -0.39 is 0 Å². The second-order valence-electron chi connectivity index (χ2n) is 5.09. The van der Waals surface area contributed by atoms with Crippen LogP contribution in [0.15, 0.2) is 65.8 Å². The summed E-state index contributed by atoms with van der Waals surface area (Å²) in [5, 5.41) is 10.9. The number of carbonyl (C=O) groups is 1. The molecule has 0 saturated heterocycles. The van der Waals surface area contributed by atoms with Gasteiger partial charge in [0.05, 0.1) is 11.9 Å². The van der Waals surface area contributed by atoms with Gasteiger partial charge in [-0.25, -0.2) is 5.43 Å². The lowest BCUT2D eigenvalue weighted by Gasteiger charge is -1.98. The van der Waals surface area contributed by atoms with Crippen LogP contribution in [-0.2, 0) is 0 Å². The molecular weight excluding hydrogens is 288 g/mol. The minimum atomic E-state index is -0.329. The Balaban J connectivity index is 1.68. The lowest BCUT2D eigenvalue weighted by Crippen LogP contribution is -2.18. The lowest BCUT2D eigenvalue weighted by atomic mass is 10.1. The van der Waals surface area contributed by atoms with E-state index >= 15 is 0 Å². The molecule has 0 atom stereocenters. The molecule has 2 aromatic carbocycles. The van der Waals surface area contributed by atoms with E-state index in [4.69, 9.17) is 0 Å². The third-order valence-electron chi connectivity index (χ3n) is 3.45. The summed E-state index contributed by atoms with van der Waals surface area (Å²) in [6.45, 7) is 1.99. The Labute approximate surface area is 134 Å². The highest BCUT2D eigenvalue weighted by molar-refractivity contribution is 5.94. The normalized spacial score (nSPS) is 10.8. The van der Waals surface area contributed by atoms with E-state index in [9.17, 15) is 4.79 Å². The highest BCUT2D eigenvalue weighted by atomic mass is 16.2. The largest absolute Gasteiger partial charge is 0.289 e. The van der Waals surface area contributed by atoms with Gasteiger partial charge in [-0.1, -0.05) is 54.6 Å².